The van der Waals surface area contributed by atoms with E-state index in [4.69, 9.17) is 4.52 Å². The van der Waals surface area contributed by atoms with Crippen molar-refractivity contribution >= 4 is 0 Å². The van der Waals surface area contributed by atoms with Gasteiger partial charge in [0.2, 0.25) is 5.89 Å². The Morgan fingerprint density at radius 3 is 2.81 bits per heavy atom. The maximum atomic E-state index is 4.95. The van der Waals surface area contributed by atoms with Gasteiger partial charge in [0.15, 0.2) is 6.33 Å². The van der Waals surface area contributed by atoms with E-state index in [9.17, 15) is 0 Å². The molecule has 1 N–H and O–H groups in total. The Morgan fingerprint density at radius 1 is 1.44 bits per heavy atom. The van der Waals surface area contributed by atoms with Gasteiger partial charge in [0.05, 0.1) is 0 Å². The van der Waals surface area contributed by atoms with Crippen molar-refractivity contribution in [1.29, 1.82) is 0 Å². The molecule has 0 amide bonds. The predicted molar refractivity (Wildman–Crippen MR) is 62.0 cm³/mol. The normalized spacial score (nSPS) is 21.1. The van der Waals surface area contributed by atoms with Crippen LogP contribution in [0.25, 0.3) is 0 Å². The van der Waals surface area contributed by atoms with Gasteiger partial charge in [-0.2, -0.15) is 4.98 Å². The third-order valence-corrected chi connectivity index (χ3v) is 3.52. The van der Waals surface area contributed by atoms with Gasteiger partial charge in [-0.3, -0.25) is 0 Å². The molecule has 1 saturated carbocycles. The van der Waals surface area contributed by atoms with E-state index in [2.05, 4.69) is 29.3 Å². The largest absolute Gasteiger partial charge is 0.340 e. The first-order valence-corrected chi connectivity index (χ1v) is 6.15. The molecule has 1 heterocycles. The molecule has 0 aliphatic heterocycles. The van der Waals surface area contributed by atoms with Crippen molar-refractivity contribution in [3.8, 4) is 0 Å². The van der Waals surface area contributed by atoms with Crippen LogP contribution in [0.1, 0.15) is 45.4 Å². The van der Waals surface area contributed by atoms with Crippen molar-refractivity contribution in [3.05, 3.63) is 12.2 Å². The van der Waals surface area contributed by atoms with Crippen molar-refractivity contribution in [2.45, 2.75) is 52.0 Å². The summed E-state index contributed by atoms with van der Waals surface area (Å²) in [6.07, 6.45) is 7.52. The van der Waals surface area contributed by atoms with E-state index in [-0.39, 0.29) is 0 Å². The number of hydrogen-bond acceptors (Lipinski definition) is 4. The fourth-order valence-corrected chi connectivity index (χ4v) is 2.29. The van der Waals surface area contributed by atoms with Crippen molar-refractivity contribution in [3.63, 3.8) is 0 Å². The van der Waals surface area contributed by atoms with Crippen molar-refractivity contribution < 1.29 is 4.52 Å². The van der Waals surface area contributed by atoms with Crippen LogP contribution in [0.5, 0.6) is 0 Å². The Hall–Kier alpha value is -0.900. The number of nitrogens with one attached hydrogen (secondary N) is 1. The standard InChI is InChI=1S/C12H21N3O/c1-12(2)6-3-10(4-7-12)13-8-5-11-14-9-15-16-11/h9-10,13H,3-8H2,1-2H3. The molecule has 2 rings (SSSR count). The van der Waals surface area contributed by atoms with Gasteiger partial charge in [0.1, 0.15) is 0 Å². The molecule has 0 bridgehead atoms. The van der Waals surface area contributed by atoms with E-state index in [1.807, 2.05) is 0 Å². The van der Waals surface area contributed by atoms with Gasteiger partial charge < -0.3 is 9.84 Å². The molecule has 0 spiro atoms. The average Bonchev–Trinajstić information content (AvgIpc) is 2.73. The van der Waals surface area contributed by atoms with Gasteiger partial charge in [-0.15, -0.1) is 0 Å². The smallest absolute Gasteiger partial charge is 0.227 e. The minimum Gasteiger partial charge on any atom is -0.340 e. The predicted octanol–water partition coefficient (Wildman–Crippen LogP) is 2.17. The Balaban J connectivity index is 1.64. The molecule has 0 unspecified atom stereocenters. The molecule has 0 saturated heterocycles. The monoisotopic (exact) mass is 223 g/mol. The van der Waals surface area contributed by atoms with Crippen LogP contribution in [0.2, 0.25) is 0 Å². The summed E-state index contributed by atoms with van der Waals surface area (Å²) in [4.78, 5) is 4.00. The van der Waals surface area contributed by atoms with Gasteiger partial charge >= 0.3 is 0 Å². The topological polar surface area (TPSA) is 51.0 Å². The quantitative estimate of drug-likeness (QED) is 0.850. The second-order valence-electron chi connectivity index (χ2n) is 5.48. The van der Waals surface area contributed by atoms with Gasteiger partial charge in [0.25, 0.3) is 0 Å². The summed E-state index contributed by atoms with van der Waals surface area (Å²) in [7, 11) is 0. The zero-order valence-corrected chi connectivity index (χ0v) is 10.2. The summed E-state index contributed by atoms with van der Waals surface area (Å²) >= 11 is 0. The minimum atomic E-state index is 0.546. The lowest BCUT2D eigenvalue weighted by Gasteiger charge is -2.34. The third-order valence-electron chi connectivity index (χ3n) is 3.52. The van der Waals surface area contributed by atoms with Crippen molar-refractivity contribution in [1.82, 2.24) is 15.5 Å². The minimum absolute atomic E-state index is 0.546. The highest BCUT2D eigenvalue weighted by atomic mass is 16.5. The Kier molecular flexibility index (Phi) is 3.59. The Labute approximate surface area is 96.8 Å². The van der Waals surface area contributed by atoms with Gasteiger partial charge in [-0.1, -0.05) is 19.0 Å². The van der Waals surface area contributed by atoms with Crippen molar-refractivity contribution in [2.75, 3.05) is 6.54 Å². The fourth-order valence-electron chi connectivity index (χ4n) is 2.29. The molecule has 1 aliphatic rings. The van der Waals surface area contributed by atoms with Crippen LogP contribution in [-0.2, 0) is 6.42 Å². The van der Waals surface area contributed by atoms with Crippen LogP contribution < -0.4 is 5.32 Å². The van der Waals surface area contributed by atoms with Crippen LogP contribution >= 0.6 is 0 Å². The first-order valence-electron chi connectivity index (χ1n) is 6.15. The number of hydrogen-bond donors (Lipinski definition) is 1. The Morgan fingerprint density at radius 2 is 2.19 bits per heavy atom. The third kappa shape index (κ3) is 3.30. The molecule has 0 atom stereocenters. The van der Waals surface area contributed by atoms with Gasteiger partial charge in [-0.05, 0) is 31.1 Å². The van der Waals surface area contributed by atoms with Crippen LogP contribution in [0.15, 0.2) is 10.9 Å². The fraction of sp³-hybridized carbons (Fsp3) is 0.833. The van der Waals surface area contributed by atoms with Crippen molar-refractivity contribution in [2.24, 2.45) is 5.41 Å². The van der Waals surface area contributed by atoms with Crippen LogP contribution in [-0.4, -0.2) is 22.7 Å². The van der Waals surface area contributed by atoms with E-state index in [1.165, 1.54) is 32.0 Å². The zero-order chi connectivity index (χ0) is 11.4. The molecule has 1 fully saturated rings. The molecule has 4 heteroatoms. The first kappa shape index (κ1) is 11.6. The molecule has 1 aliphatic carbocycles. The summed E-state index contributed by atoms with van der Waals surface area (Å²) in [6.45, 7) is 5.66. The molecule has 1 aromatic heterocycles. The maximum absolute atomic E-state index is 4.95. The molecule has 16 heavy (non-hydrogen) atoms. The molecular weight excluding hydrogens is 202 g/mol. The molecule has 90 valence electrons. The lowest BCUT2D eigenvalue weighted by Crippen LogP contribution is -2.36. The summed E-state index contributed by atoms with van der Waals surface area (Å²) < 4.78 is 4.95. The van der Waals surface area contributed by atoms with Crippen LogP contribution in [0, 0.1) is 5.41 Å². The van der Waals surface area contributed by atoms with E-state index in [0.717, 1.165) is 18.9 Å². The first-order chi connectivity index (χ1) is 7.66. The average molecular weight is 223 g/mol. The van der Waals surface area contributed by atoms with E-state index < -0.39 is 0 Å². The van der Waals surface area contributed by atoms with E-state index >= 15 is 0 Å². The number of rotatable bonds is 4. The molecule has 0 aromatic carbocycles. The maximum Gasteiger partial charge on any atom is 0.227 e. The molecular formula is C12H21N3O. The number of nitrogens with zero attached hydrogens (tertiary/aromatic N) is 2. The molecule has 0 radical (unpaired) electrons. The van der Waals surface area contributed by atoms with Gasteiger partial charge in [-0.25, -0.2) is 0 Å². The lowest BCUT2D eigenvalue weighted by atomic mass is 9.75. The highest BCUT2D eigenvalue weighted by molar-refractivity contribution is 4.83. The SMILES string of the molecule is CC1(C)CCC(NCCc2ncno2)CC1. The highest BCUT2D eigenvalue weighted by Crippen LogP contribution is 2.34. The van der Waals surface area contributed by atoms with E-state index in [0.29, 0.717) is 11.5 Å². The number of aromatic nitrogens is 2. The molecule has 1 aromatic rings. The summed E-state index contributed by atoms with van der Waals surface area (Å²) in [6, 6.07) is 0.677. The zero-order valence-electron chi connectivity index (χ0n) is 10.2. The Bertz CT molecular complexity index is 298. The van der Waals surface area contributed by atoms with Gasteiger partial charge in [0, 0.05) is 19.0 Å². The summed E-state index contributed by atoms with van der Waals surface area (Å²) in [5.74, 6) is 0.726. The summed E-state index contributed by atoms with van der Waals surface area (Å²) in [5.41, 5.74) is 0.546. The second kappa shape index (κ2) is 4.95. The highest BCUT2D eigenvalue weighted by Gasteiger charge is 2.26. The lowest BCUT2D eigenvalue weighted by molar-refractivity contribution is 0.206. The van der Waals surface area contributed by atoms with Crippen LogP contribution in [0.4, 0.5) is 0 Å². The van der Waals surface area contributed by atoms with Crippen LogP contribution in [0.3, 0.4) is 0 Å². The second-order valence-corrected chi connectivity index (χ2v) is 5.48. The summed E-state index contributed by atoms with van der Waals surface area (Å²) in [5, 5.41) is 7.16. The molecule has 4 nitrogen and oxygen atoms in total. The van der Waals surface area contributed by atoms with E-state index in [1.54, 1.807) is 0 Å².